The van der Waals surface area contributed by atoms with E-state index < -0.39 is 0 Å². The van der Waals surface area contributed by atoms with Gasteiger partial charge in [-0.3, -0.25) is 0 Å². The van der Waals surface area contributed by atoms with Gasteiger partial charge < -0.3 is 10.2 Å². The Kier molecular flexibility index (Phi) is 3.90. The van der Waals surface area contributed by atoms with E-state index in [1.54, 1.807) is 13.2 Å². The summed E-state index contributed by atoms with van der Waals surface area (Å²) in [7, 11) is 3.73. The summed E-state index contributed by atoms with van der Waals surface area (Å²) in [5.41, 5.74) is 3.50. The van der Waals surface area contributed by atoms with Crippen LogP contribution in [0.15, 0.2) is 24.4 Å². The number of nitrogens with zero attached hydrogens (tertiary/aromatic N) is 3. The average Bonchev–Trinajstić information content (AvgIpc) is 2.38. The van der Waals surface area contributed by atoms with E-state index in [0.29, 0.717) is 16.8 Å². The maximum absolute atomic E-state index is 6.19. The number of anilines is 3. The highest BCUT2D eigenvalue weighted by atomic mass is 35.5. The molecule has 19 heavy (non-hydrogen) atoms. The summed E-state index contributed by atoms with van der Waals surface area (Å²) in [5, 5.41) is 3.45. The van der Waals surface area contributed by atoms with Crippen LogP contribution in [0.1, 0.15) is 11.1 Å². The van der Waals surface area contributed by atoms with Gasteiger partial charge in [0, 0.05) is 19.8 Å². The zero-order valence-electron chi connectivity index (χ0n) is 11.5. The third-order valence-corrected chi connectivity index (χ3v) is 3.25. The van der Waals surface area contributed by atoms with E-state index in [-0.39, 0.29) is 0 Å². The monoisotopic (exact) mass is 276 g/mol. The van der Waals surface area contributed by atoms with Crippen LogP contribution in [-0.4, -0.2) is 24.1 Å². The second-order valence-corrected chi connectivity index (χ2v) is 4.87. The maximum atomic E-state index is 6.19. The highest BCUT2D eigenvalue weighted by Gasteiger charge is 2.13. The average molecular weight is 277 g/mol. The van der Waals surface area contributed by atoms with Crippen LogP contribution in [0.25, 0.3) is 0 Å². The Morgan fingerprint density at radius 1 is 1.26 bits per heavy atom. The minimum Gasteiger partial charge on any atom is -0.357 e. The molecule has 0 spiro atoms. The molecule has 0 amide bonds. The first kappa shape index (κ1) is 13.6. The normalized spacial score (nSPS) is 10.4. The summed E-state index contributed by atoms with van der Waals surface area (Å²) in [6, 6.07) is 6.29. The molecule has 1 N–H and O–H groups in total. The summed E-state index contributed by atoms with van der Waals surface area (Å²) in [6.07, 6.45) is 1.61. The van der Waals surface area contributed by atoms with Crippen molar-refractivity contribution in [3.05, 3.63) is 40.5 Å². The lowest BCUT2D eigenvalue weighted by Crippen LogP contribution is -2.14. The van der Waals surface area contributed by atoms with E-state index in [1.165, 1.54) is 11.1 Å². The van der Waals surface area contributed by atoms with Gasteiger partial charge in [-0.15, -0.1) is 0 Å². The molecule has 0 fully saturated rings. The number of aromatic nitrogens is 2. The van der Waals surface area contributed by atoms with Gasteiger partial charge in [-0.2, -0.15) is 4.98 Å². The molecule has 0 radical (unpaired) electrons. The third kappa shape index (κ3) is 2.79. The first-order valence-corrected chi connectivity index (χ1v) is 6.42. The molecule has 2 aromatic rings. The van der Waals surface area contributed by atoms with Crippen LogP contribution in [0.4, 0.5) is 17.5 Å². The van der Waals surface area contributed by atoms with Crippen molar-refractivity contribution < 1.29 is 0 Å². The Morgan fingerprint density at radius 2 is 2.00 bits per heavy atom. The number of nitrogens with one attached hydrogen (secondary N) is 1. The molecule has 0 saturated heterocycles. The summed E-state index contributed by atoms with van der Waals surface area (Å²) < 4.78 is 0. The fourth-order valence-electron chi connectivity index (χ4n) is 2.01. The zero-order chi connectivity index (χ0) is 14.0. The van der Waals surface area contributed by atoms with Crippen LogP contribution in [0, 0.1) is 13.8 Å². The number of hydrogen-bond donors (Lipinski definition) is 1. The molecule has 4 nitrogen and oxygen atoms in total. The Labute approximate surface area is 118 Å². The third-order valence-electron chi connectivity index (χ3n) is 2.98. The Hall–Kier alpha value is -1.81. The fraction of sp³-hybridized carbons (Fsp3) is 0.286. The van der Waals surface area contributed by atoms with Crippen molar-refractivity contribution in [3.8, 4) is 0 Å². The van der Waals surface area contributed by atoms with Crippen LogP contribution in [-0.2, 0) is 0 Å². The van der Waals surface area contributed by atoms with Crippen molar-refractivity contribution >= 4 is 29.1 Å². The molecule has 0 aliphatic heterocycles. The van der Waals surface area contributed by atoms with Crippen molar-refractivity contribution in [2.75, 3.05) is 24.3 Å². The Balaban J connectivity index is 2.46. The molecule has 5 heteroatoms. The molecule has 0 bridgehead atoms. The molecule has 0 saturated carbocycles. The van der Waals surface area contributed by atoms with Gasteiger partial charge in [-0.1, -0.05) is 29.3 Å². The fourth-order valence-corrected chi connectivity index (χ4v) is 2.23. The molecular weight excluding hydrogens is 260 g/mol. The second-order valence-electron chi connectivity index (χ2n) is 4.46. The van der Waals surface area contributed by atoms with Gasteiger partial charge in [-0.25, -0.2) is 4.98 Å². The van der Waals surface area contributed by atoms with Crippen LogP contribution >= 0.6 is 11.6 Å². The largest absolute Gasteiger partial charge is 0.357 e. The summed E-state index contributed by atoms with van der Waals surface area (Å²) >= 11 is 6.19. The molecule has 0 unspecified atom stereocenters. The van der Waals surface area contributed by atoms with E-state index in [0.717, 1.165) is 5.69 Å². The Morgan fingerprint density at radius 3 is 2.63 bits per heavy atom. The van der Waals surface area contributed by atoms with Crippen LogP contribution in [0.5, 0.6) is 0 Å². The topological polar surface area (TPSA) is 41.1 Å². The second kappa shape index (κ2) is 5.45. The van der Waals surface area contributed by atoms with Gasteiger partial charge in [0.1, 0.15) is 5.02 Å². The number of hydrogen-bond acceptors (Lipinski definition) is 4. The quantitative estimate of drug-likeness (QED) is 0.931. The molecule has 1 aromatic carbocycles. The van der Waals surface area contributed by atoms with Gasteiger partial charge in [0.2, 0.25) is 5.95 Å². The molecule has 0 aliphatic rings. The lowest BCUT2D eigenvalue weighted by Gasteiger charge is -2.22. The molecule has 0 aliphatic carbocycles. The van der Waals surface area contributed by atoms with Crippen molar-refractivity contribution in [2.45, 2.75) is 13.8 Å². The minimum atomic E-state index is 0.529. The number of aryl methyl sites for hydroxylation is 2. The first-order chi connectivity index (χ1) is 9.02. The van der Waals surface area contributed by atoms with Crippen molar-refractivity contribution in [1.82, 2.24) is 9.97 Å². The van der Waals surface area contributed by atoms with E-state index in [2.05, 4.69) is 47.3 Å². The number of rotatable bonds is 3. The van der Waals surface area contributed by atoms with Gasteiger partial charge in [-0.05, 0) is 25.5 Å². The number of benzene rings is 1. The van der Waals surface area contributed by atoms with Gasteiger partial charge in [0.25, 0.3) is 0 Å². The maximum Gasteiger partial charge on any atom is 0.224 e. The Bertz CT molecular complexity index is 598. The molecule has 1 aromatic heterocycles. The predicted molar refractivity (Wildman–Crippen MR) is 80.6 cm³/mol. The van der Waals surface area contributed by atoms with Crippen molar-refractivity contribution in [3.63, 3.8) is 0 Å². The van der Waals surface area contributed by atoms with E-state index in [9.17, 15) is 0 Å². The van der Waals surface area contributed by atoms with Crippen LogP contribution in [0.2, 0.25) is 5.02 Å². The number of halogens is 1. The predicted octanol–water partition coefficient (Wildman–Crippen LogP) is 3.56. The minimum absolute atomic E-state index is 0.529. The summed E-state index contributed by atoms with van der Waals surface area (Å²) in [6.45, 7) is 4.15. The van der Waals surface area contributed by atoms with Crippen LogP contribution < -0.4 is 10.2 Å². The lowest BCUT2D eigenvalue weighted by molar-refractivity contribution is 1.07. The van der Waals surface area contributed by atoms with Crippen LogP contribution in [0.3, 0.4) is 0 Å². The first-order valence-electron chi connectivity index (χ1n) is 6.04. The molecule has 2 rings (SSSR count). The van der Waals surface area contributed by atoms with Gasteiger partial charge in [0.15, 0.2) is 5.82 Å². The van der Waals surface area contributed by atoms with E-state index >= 15 is 0 Å². The standard InChI is InChI=1S/C14H17ClN4/c1-9-5-6-12(10(2)7-9)19(4)13-11(15)8-17-14(16-3)18-13/h5-8H,1-4H3,(H,16,17,18). The smallest absolute Gasteiger partial charge is 0.224 e. The van der Waals surface area contributed by atoms with Crippen molar-refractivity contribution in [2.24, 2.45) is 0 Å². The summed E-state index contributed by atoms with van der Waals surface area (Å²) in [5.74, 6) is 1.24. The van der Waals surface area contributed by atoms with Gasteiger partial charge >= 0.3 is 0 Å². The SMILES string of the molecule is CNc1ncc(Cl)c(N(C)c2ccc(C)cc2C)n1. The summed E-state index contributed by atoms with van der Waals surface area (Å²) in [4.78, 5) is 10.5. The zero-order valence-corrected chi connectivity index (χ0v) is 12.3. The molecular formula is C14H17ClN4. The lowest BCUT2D eigenvalue weighted by atomic mass is 10.1. The molecule has 0 atom stereocenters. The van der Waals surface area contributed by atoms with E-state index in [4.69, 9.17) is 11.6 Å². The van der Waals surface area contributed by atoms with Gasteiger partial charge in [0.05, 0.1) is 6.20 Å². The van der Waals surface area contributed by atoms with Crippen molar-refractivity contribution in [1.29, 1.82) is 0 Å². The van der Waals surface area contributed by atoms with E-state index in [1.807, 2.05) is 11.9 Å². The molecule has 100 valence electrons. The highest BCUT2D eigenvalue weighted by Crippen LogP contribution is 2.31. The molecule has 1 heterocycles. The highest BCUT2D eigenvalue weighted by molar-refractivity contribution is 6.33.